The highest BCUT2D eigenvalue weighted by molar-refractivity contribution is 5.91. The number of rotatable bonds is 7. The molecule has 0 aliphatic carbocycles. The summed E-state index contributed by atoms with van der Waals surface area (Å²) in [5.74, 6) is -2.19. The predicted molar refractivity (Wildman–Crippen MR) is 118 cm³/mol. The lowest BCUT2D eigenvalue weighted by Gasteiger charge is -2.54. The third kappa shape index (κ3) is 4.49. The maximum absolute atomic E-state index is 14.4. The summed E-state index contributed by atoms with van der Waals surface area (Å²) < 4.78 is 27.7. The molecule has 1 N–H and O–H groups in total. The van der Waals surface area contributed by atoms with Gasteiger partial charge in [0.15, 0.2) is 0 Å². The molecule has 8 nitrogen and oxygen atoms in total. The number of phenolic OH excluding ortho intramolecular Hbond substituents is 1. The van der Waals surface area contributed by atoms with Crippen molar-refractivity contribution >= 4 is 18.2 Å². The molecule has 2 atom stereocenters. The number of piperazine rings is 1. The van der Waals surface area contributed by atoms with Crippen LogP contribution in [0.2, 0.25) is 0 Å². The number of halogens is 2. The van der Waals surface area contributed by atoms with Gasteiger partial charge in [0.1, 0.15) is 29.6 Å². The molecule has 2 aliphatic rings. The van der Waals surface area contributed by atoms with Crippen molar-refractivity contribution in [3.63, 3.8) is 0 Å². The lowest BCUT2D eigenvalue weighted by molar-refractivity contribution is -0.199. The average molecular weight is 470 g/mol. The van der Waals surface area contributed by atoms with Crippen molar-refractivity contribution in [2.24, 2.45) is 0 Å². The average Bonchev–Trinajstić information content (AvgIpc) is 2.80. The maximum Gasteiger partial charge on any atom is 0.246 e. The lowest BCUT2D eigenvalue weighted by atomic mass is 9.98. The van der Waals surface area contributed by atoms with Crippen LogP contribution in [0.4, 0.5) is 8.78 Å². The molecule has 3 amide bonds. The SMILES string of the molecule is C=CCN1CC(=O)N2C(CN(Cc3ccc(F)cc3F)C(=O)[C@@H]2Cc2ccc(O)cc2)N1C=O. The number of hydrogen-bond acceptors (Lipinski definition) is 5. The highest BCUT2D eigenvalue weighted by Gasteiger charge is 2.49. The van der Waals surface area contributed by atoms with Crippen molar-refractivity contribution in [3.05, 3.63) is 77.9 Å². The second kappa shape index (κ2) is 9.60. The van der Waals surface area contributed by atoms with Crippen LogP contribution in [0.3, 0.4) is 0 Å². The van der Waals surface area contributed by atoms with E-state index in [1.165, 1.54) is 38.0 Å². The first-order chi connectivity index (χ1) is 16.3. The van der Waals surface area contributed by atoms with Gasteiger partial charge in [-0.1, -0.05) is 24.3 Å². The maximum atomic E-state index is 14.4. The Balaban J connectivity index is 1.70. The zero-order chi connectivity index (χ0) is 24.4. The Labute approximate surface area is 195 Å². The van der Waals surface area contributed by atoms with Crippen LogP contribution >= 0.6 is 0 Å². The molecule has 2 aromatic carbocycles. The Morgan fingerprint density at radius 2 is 1.85 bits per heavy atom. The van der Waals surface area contributed by atoms with Crippen molar-refractivity contribution in [2.45, 2.75) is 25.2 Å². The number of phenols is 1. The minimum absolute atomic E-state index is 0.0418. The third-order valence-corrected chi connectivity index (χ3v) is 6.06. The summed E-state index contributed by atoms with van der Waals surface area (Å²) in [7, 11) is 0. The van der Waals surface area contributed by atoms with E-state index in [2.05, 4.69) is 6.58 Å². The van der Waals surface area contributed by atoms with E-state index in [4.69, 9.17) is 0 Å². The number of hydrogen-bond donors (Lipinski definition) is 1. The van der Waals surface area contributed by atoms with Crippen LogP contribution in [-0.4, -0.2) is 75.0 Å². The molecule has 2 aliphatic heterocycles. The van der Waals surface area contributed by atoms with E-state index in [0.29, 0.717) is 12.0 Å². The summed E-state index contributed by atoms with van der Waals surface area (Å²) in [6.07, 6.45) is 1.49. The van der Waals surface area contributed by atoms with Gasteiger partial charge in [-0.15, -0.1) is 6.58 Å². The standard InChI is InChI=1S/C24H24F2N4O4/c1-2-9-28-14-23(33)30-21(10-16-3-7-19(32)8-4-16)24(34)27(13-22(30)29(28)15-31)12-17-5-6-18(25)11-20(17)26/h2-8,11,15,21-22,32H,1,9-10,12-14H2/t21-,22?/m0/s1. The zero-order valence-corrected chi connectivity index (χ0v) is 18.3. The van der Waals surface area contributed by atoms with Gasteiger partial charge in [0.05, 0.1) is 13.1 Å². The van der Waals surface area contributed by atoms with E-state index in [0.717, 1.165) is 12.1 Å². The summed E-state index contributed by atoms with van der Waals surface area (Å²) in [5, 5.41) is 12.5. The monoisotopic (exact) mass is 470 g/mol. The van der Waals surface area contributed by atoms with Crippen molar-refractivity contribution in [2.75, 3.05) is 19.6 Å². The van der Waals surface area contributed by atoms with Gasteiger partial charge >= 0.3 is 0 Å². The lowest BCUT2D eigenvalue weighted by Crippen LogP contribution is -2.74. The highest BCUT2D eigenvalue weighted by atomic mass is 19.1. The van der Waals surface area contributed by atoms with Gasteiger partial charge in [-0.05, 0) is 23.8 Å². The Morgan fingerprint density at radius 3 is 2.50 bits per heavy atom. The zero-order valence-electron chi connectivity index (χ0n) is 18.3. The van der Waals surface area contributed by atoms with Crippen molar-refractivity contribution < 1.29 is 28.3 Å². The molecule has 0 radical (unpaired) electrons. The number of fused-ring (bicyclic) bond motifs is 1. The van der Waals surface area contributed by atoms with Crippen molar-refractivity contribution in [1.29, 1.82) is 0 Å². The summed E-state index contributed by atoms with van der Waals surface area (Å²) in [4.78, 5) is 41.5. The van der Waals surface area contributed by atoms with E-state index < -0.39 is 29.7 Å². The van der Waals surface area contributed by atoms with Crippen LogP contribution in [0.5, 0.6) is 5.75 Å². The Bertz CT molecular complexity index is 1110. The summed E-state index contributed by atoms with van der Waals surface area (Å²) in [6.45, 7) is 3.62. The van der Waals surface area contributed by atoms with E-state index in [1.54, 1.807) is 18.2 Å². The molecule has 2 aromatic rings. The number of benzene rings is 2. The van der Waals surface area contributed by atoms with Gasteiger partial charge < -0.3 is 14.9 Å². The van der Waals surface area contributed by atoms with Crippen LogP contribution in [0.15, 0.2) is 55.1 Å². The molecule has 178 valence electrons. The topological polar surface area (TPSA) is 84.4 Å². The summed E-state index contributed by atoms with van der Waals surface area (Å²) in [6, 6.07) is 8.43. The molecule has 0 aromatic heterocycles. The molecule has 10 heteroatoms. The number of aromatic hydroxyl groups is 1. The van der Waals surface area contributed by atoms with Crippen LogP contribution in [-0.2, 0) is 27.3 Å². The number of nitrogens with zero attached hydrogens (tertiary/aromatic N) is 4. The third-order valence-electron chi connectivity index (χ3n) is 6.06. The second-order valence-electron chi connectivity index (χ2n) is 8.24. The summed E-state index contributed by atoms with van der Waals surface area (Å²) >= 11 is 0. The van der Waals surface area contributed by atoms with E-state index in [-0.39, 0.29) is 49.8 Å². The number of carbonyl (C=O) groups is 3. The molecule has 34 heavy (non-hydrogen) atoms. The fourth-order valence-electron chi connectivity index (χ4n) is 4.46. The van der Waals surface area contributed by atoms with Crippen molar-refractivity contribution in [1.82, 2.24) is 19.8 Å². The molecular formula is C24H24F2N4O4. The second-order valence-corrected chi connectivity index (χ2v) is 8.24. The minimum Gasteiger partial charge on any atom is -0.508 e. The number of carbonyl (C=O) groups excluding carboxylic acids is 3. The van der Waals surface area contributed by atoms with E-state index in [1.807, 2.05) is 0 Å². The van der Waals surface area contributed by atoms with Crippen LogP contribution in [0.1, 0.15) is 11.1 Å². The molecule has 2 fully saturated rings. The smallest absolute Gasteiger partial charge is 0.246 e. The van der Waals surface area contributed by atoms with E-state index in [9.17, 15) is 28.3 Å². The van der Waals surface area contributed by atoms with Crippen LogP contribution in [0.25, 0.3) is 0 Å². The normalized spacial score (nSPS) is 20.9. The van der Waals surface area contributed by atoms with Crippen LogP contribution in [0, 0.1) is 11.6 Å². The van der Waals surface area contributed by atoms with Gasteiger partial charge in [-0.2, -0.15) is 0 Å². The first kappa shape index (κ1) is 23.4. The van der Waals surface area contributed by atoms with Gasteiger partial charge in [0, 0.05) is 31.1 Å². The first-order valence-electron chi connectivity index (χ1n) is 10.7. The predicted octanol–water partition coefficient (Wildman–Crippen LogP) is 1.65. The highest BCUT2D eigenvalue weighted by Crippen LogP contribution is 2.29. The molecule has 0 spiro atoms. The number of hydrazine groups is 1. The number of amides is 3. The van der Waals surface area contributed by atoms with Gasteiger partial charge in [-0.3, -0.25) is 19.4 Å². The van der Waals surface area contributed by atoms with Gasteiger partial charge in [-0.25, -0.2) is 13.8 Å². The largest absolute Gasteiger partial charge is 0.508 e. The van der Waals surface area contributed by atoms with Crippen LogP contribution < -0.4 is 0 Å². The van der Waals surface area contributed by atoms with Gasteiger partial charge in [0.25, 0.3) is 0 Å². The molecule has 4 rings (SSSR count). The Kier molecular flexibility index (Phi) is 6.60. The molecule has 2 saturated heterocycles. The fraction of sp³-hybridized carbons (Fsp3) is 0.292. The molecule has 1 unspecified atom stereocenters. The fourth-order valence-corrected chi connectivity index (χ4v) is 4.46. The van der Waals surface area contributed by atoms with Crippen molar-refractivity contribution in [3.8, 4) is 5.75 Å². The molecule has 0 bridgehead atoms. The first-order valence-corrected chi connectivity index (χ1v) is 10.7. The Morgan fingerprint density at radius 1 is 1.12 bits per heavy atom. The quantitative estimate of drug-likeness (QED) is 0.492. The Hall–Kier alpha value is -3.79. The van der Waals surface area contributed by atoms with E-state index >= 15 is 0 Å². The van der Waals surface area contributed by atoms with Gasteiger partial charge in [0.2, 0.25) is 18.2 Å². The molecule has 0 saturated carbocycles. The minimum atomic E-state index is -0.951. The molecular weight excluding hydrogens is 446 g/mol. The summed E-state index contributed by atoms with van der Waals surface area (Å²) in [5.41, 5.74) is 0.818. The molecule has 2 heterocycles.